The molecule has 1 aromatic carbocycles. The van der Waals surface area contributed by atoms with Crippen LogP contribution in [0, 0.1) is 19.8 Å². The van der Waals surface area contributed by atoms with Gasteiger partial charge in [-0.25, -0.2) is 8.42 Å². The summed E-state index contributed by atoms with van der Waals surface area (Å²) in [6, 6.07) is 9.87. The summed E-state index contributed by atoms with van der Waals surface area (Å²) in [5.74, 6) is -0.150. The largest absolute Gasteiger partial charge is 0.368 e. The summed E-state index contributed by atoms with van der Waals surface area (Å²) < 4.78 is 27.6. The standard InChI is InChI=1S/C22H29N3O3S2/c1-17-7-8-20(18(2)15-17)23-10-12-24(13-11-23)22(26)19-5-3-9-25(16-19)30(27,28)21-6-4-14-29-21/h4,6-8,14-15,19H,3,5,9-13,16H2,1-2H3/t19-/m0/s1. The summed E-state index contributed by atoms with van der Waals surface area (Å²) in [6.07, 6.45) is 1.48. The van der Waals surface area contributed by atoms with Gasteiger partial charge < -0.3 is 9.80 Å². The van der Waals surface area contributed by atoms with Gasteiger partial charge in [0.15, 0.2) is 0 Å². The fourth-order valence-electron chi connectivity index (χ4n) is 4.49. The van der Waals surface area contributed by atoms with Gasteiger partial charge >= 0.3 is 0 Å². The molecule has 0 spiro atoms. The summed E-state index contributed by atoms with van der Waals surface area (Å²) >= 11 is 1.23. The minimum atomic E-state index is -3.50. The number of piperidine rings is 1. The van der Waals surface area contributed by atoms with E-state index in [2.05, 4.69) is 36.9 Å². The molecule has 6 nitrogen and oxygen atoms in total. The molecule has 2 fully saturated rings. The molecule has 4 rings (SSSR count). The zero-order valence-corrected chi connectivity index (χ0v) is 19.2. The van der Waals surface area contributed by atoms with Crippen molar-refractivity contribution >= 4 is 33.0 Å². The first-order valence-electron chi connectivity index (χ1n) is 10.5. The average Bonchev–Trinajstić information content (AvgIpc) is 3.29. The van der Waals surface area contributed by atoms with Crippen LogP contribution in [0.3, 0.4) is 0 Å². The molecule has 0 N–H and O–H groups in total. The number of thiophene rings is 1. The van der Waals surface area contributed by atoms with Gasteiger partial charge in [0.05, 0.1) is 5.92 Å². The highest BCUT2D eigenvalue weighted by molar-refractivity contribution is 7.91. The lowest BCUT2D eigenvalue weighted by molar-refractivity contribution is -0.137. The molecule has 3 heterocycles. The lowest BCUT2D eigenvalue weighted by Gasteiger charge is -2.39. The van der Waals surface area contributed by atoms with Gasteiger partial charge in [0.1, 0.15) is 4.21 Å². The van der Waals surface area contributed by atoms with Crippen molar-refractivity contribution in [2.75, 3.05) is 44.2 Å². The van der Waals surface area contributed by atoms with Crippen LogP contribution in [-0.4, -0.2) is 62.8 Å². The number of aryl methyl sites for hydroxylation is 2. The maximum Gasteiger partial charge on any atom is 0.252 e. The van der Waals surface area contributed by atoms with Gasteiger partial charge in [0, 0.05) is 45.0 Å². The van der Waals surface area contributed by atoms with Crippen molar-refractivity contribution in [3.8, 4) is 0 Å². The maximum atomic E-state index is 13.2. The van der Waals surface area contributed by atoms with E-state index in [0.717, 1.165) is 25.9 Å². The second kappa shape index (κ2) is 8.69. The van der Waals surface area contributed by atoms with Crippen LogP contribution < -0.4 is 4.90 Å². The van der Waals surface area contributed by atoms with E-state index in [1.54, 1.807) is 17.5 Å². The molecular formula is C22H29N3O3S2. The molecule has 8 heteroatoms. The Hall–Kier alpha value is -1.90. The molecule has 0 aliphatic carbocycles. The van der Waals surface area contributed by atoms with Crippen LogP contribution in [0.2, 0.25) is 0 Å². The number of benzene rings is 1. The van der Waals surface area contributed by atoms with Crippen molar-refractivity contribution in [2.45, 2.75) is 30.9 Å². The molecule has 2 aliphatic heterocycles. The van der Waals surface area contributed by atoms with E-state index in [1.807, 2.05) is 4.90 Å². The molecule has 0 radical (unpaired) electrons. The van der Waals surface area contributed by atoms with Gasteiger partial charge in [0.25, 0.3) is 10.0 Å². The van der Waals surface area contributed by atoms with Gasteiger partial charge in [-0.3, -0.25) is 4.79 Å². The van der Waals surface area contributed by atoms with Crippen LogP contribution in [0.4, 0.5) is 5.69 Å². The van der Waals surface area contributed by atoms with Crippen molar-refractivity contribution in [1.29, 1.82) is 0 Å². The second-order valence-corrected chi connectivity index (χ2v) is 11.3. The maximum absolute atomic E-state index is 13.2. The molecule has 2 saturated heterocycles. The Morgan fingerprint density at radius 3 is 2.50 bits per heavy atom. The van der Waals surface area contributed by atoms with Gasteiger partial charge in [0.2, 0.25) is 5.91 Å². The quantitative estimate of drug-likeness (QED) is 0.723. The molecule has 0 unspecified atom stereocenters. The van der Waals surface area contributed by atoms with Gasteiger partial charge in [-0.15, -0.1) is 11.3 Å². The number of nitrogens with zero attached hydrogens (tertiary/aromatic N) is 3. The Morgan fingerprint density at radius 2 is 1.83 bits per heavy atom. The van der Waals surface area contributed by atoms with E-state index >= 15 is 0 Å². The first-order valence-corrected chi connectivity index (χ1v) is 12.8. The lowest BCUT2D eigenvalue weighted by Crippen LogP contribution is -2.53. The van der Waals surface area contributed by atoms with E-state index in [0.29, 0.717) is 23.8 Å². The van der Waals surface area contributed by atoms with E-state index in [9.17, 15) is 13.2 Å². The molecule has 30 heavy (non-hydrogen) atoms. The van der Waals surface area contributed by atoms with Gasteiger partial charge in [-0.05, 0) is 49.8 Å². The van der Waals surface area contributed by atoms with Crippen LogP contribution >= 0.6 is 11.3 Å². The summed E-state index contributed by atoms with van der Waals surface area (Å²) in [4.78, 5) is 17.4. The predicted molar refractivity (Wildman–Crippen MR) is 121 cm³/mol. The zero-order valence-electron chi connectivity index (χ0n) is 17.6. The SMILES string of the molecule is Cc1ccc(N2CCN(C(=O)[C@H]3CCCN(S(=O)(=O)c4cccs4)C3)CC2)c(C)c1. The van der Waals surface area contributed by atoms with Crippen molar-refractivity contribution in [3.05, 3.63) is 46.8 Å². The topological polar surface area (TPSA) is 60.9 Å². The number of piperazine rings is 1. The van der Waals surface area contributed by atoms with Crippen LogP contribution in [-0.2, 0) is 14.8 Å². The minimum absolute atomic E-state index is 0.0985. The predicted octanol–water partition coefficient (Wildman–Crippen LogP) is 3.11. The third-order valence-corrected chi connectivity index (χ3v) is 9.35. The Bertz CT molecular complexity index is 997. The average molecular weight is 448 g/mol. The van der Waals surface area contributed by atoms with Crippen LogP contribution in [0.1, 0.15) is 24.0 Å². The normalized spacial score (nSPS) is 21.1. The zero-order chi connectivity index (χ0) is 21.3. The molecule has 0 saturated carbocycles. The molecular weight excluding hydrogens is 418 g/mol. The first-order chi connectivity index (χ1) is 14.4. The Labute approximate surface area is 183 Å². The molecule has 162 valence electrons. The number of amides is 1. The fourth-order valence-corrected chi connectivity index (χ4v) is 7.15. The molecule has 1 atom stereocenters. The molecule has 1 amide bonds. The number of hydrogen-bond donors (Lipinski definition) is 0. The van der Waals surface area contributed by atoms with Crippen molar-refractivity contribution in [1.82, 2.24) is 9.21 Å². The summed E-state index contributed by atoms with van der Waals surface area (Å²) in [5, 5.41) is 1.77. The van der Waals surface area contributed by atoms with E-state index in [1.165, 1.54) is 32.5 Å². The first kappa shape index (κ1) is 21.3. The molecule has 2 aliphatic rings. The fraction of sp³-hybridized carbons (Fsp3) is 0.500. The van der Waals surface area contributed by atoms with E-state index in [4.69, 9.17) is 0 Å². The third-order valence-electron chi connectivity index (χ3n) is 6.11. The highest BCUT2D eigenvalue weighted by Gasteiger charge is 2.36. The highest BCUT2D eigenvalue weighted by atomic mass is 32.2. The van der Waals surface area contributed by atoms with Crippen molar-refractivity contribution in [3.63, 3.8) is 0 Å². The third kappa shape index (κ3) is 4.26. The Morgan fingerprint density at radius 1 is 1.07 bits per heavy atom. The van der Waals surface area contributed by atoms with Crippen LogP contribution in [0.15, 0.2) is 39.9 Å². The van der Waals surface area contributed by atoms with Gasteiger partial charge in [-0.2, -0.15) is 4.31 Å². The number of rotatable bonds is 4. The van der Waals surface area contributed by atoms with Gasteiger partial charge in [-0.1, -0.05) is 23.8 Å². The Balaban J connectivity index is 1.38. The van der Waals surface area contributed by atoms with E-state index < -0.39 is 10.0 Å². The summed E-state index contributed by atoms with van der Waals surface area (Å²) in [5.41, 5.74) is 3.75. The number of carbonyl (C=O) groups is 1. The number of carbonyl (C=O) groups excluding carboxylic acids is 1. The molecule has 0 bridgehead atoms. The molecule has 2 aromatic rings. The highest BCUT2D eigenvalue weighted by Crippen LogP contribution is 2.28. The van der Waals surface area contributed by atoms with Crippen molar-refractivity contribution in [2.24, 2.45) is 5.92 Å². The van der Waals surface area contributed by atoms with E-state index in [-0.39, 0.29) is 18.4 Å². The summed E-state index contributed by atoms with van der Waals surface area (Å²) in [6.45, 7) is 7.98. The monoisotopic (exact) mass is 447 g/mol. The number of sulfonamides is 1. The lowest BCUT2D eigenvalue weighted by atomic mass is 9.97. The van der Waals surface area contributed by atoms with Crippen molar-refractivity contribution < 1.29 is 13.2 Å². The second-order valence-electron chi connectivity index (χ2n) is 8.24. The summed E-state index contributed by atoms with van der Waals surface area (Å²) in [7, 11) is -3.50. The minimum Gasteiger partial charge on any atom is -0.368 e. The van der Waals surface area contributed by atoms with Crippen LogP contribution in [0.5, 0.6) is 0 Å². The Kier molecular flexibility index (Phi) is 6.18. The smallest absolute Gasteiger partial charge is 0.252 e. The number of anilines is 1. The molecule has 1 aromatic heterocycles. The van der Waals surface area contributed by atoms with Crippen LogP contribution in [0.25, 0.3) is 0 Å². The number of hydrogen-bond acceptors (Lipinski definition) is 5.